The molecule has 8 heteroatoms. The lowest BCUT2D eigenvalue weighted by atomic mass is 9.86. The second-order valence-corrected chi connectivity index (χ2v) is 10.9. The van der Waals surface area contributed by atoms with Crippen LogP contribution in [0.3, 0.4) is 0 Å². The van der Waals surface area contributed by atoms with Crippen LogP contribution in [0.5, 0.6) is 0 Å². The largest absolute Gasteiger partial charge is 0.481 e. The maximum atomic E-state index is 12.2. The molecule has 0 aromatic heterocycles. The van der Waals surface area contributed by atoms with Crippen molar-refractivity contribution in [2.24, 2.45) is 23.7 Å². The molecule has 0 aromatic rings. The van der Waals surface area contributed by atoms with Crippen molar-refractivity contribution in [3.05, 3.63) is 0 Å². The number of carboxylic acid groups (broad SMARTS) is 1. The molecule has 1 heterocycles. The highest BCUT2D eigenvalue weighted by Crippen LogP contribution is 2.23. The van der Waals surface area contributed by atoms with Crippen molar-refractivity contribution in [2.45, 2.75) is 137 Å². The standard InChI is InChI=1S/C19H36O4.C8H17NO3.C2H6/c1-6-9-14(3)18(21)16(5)17(20)11-8-7-10-13(2)12-15(4)19(22)23;1-5-8(11)6(9(2)3)4-7(10)12-5;1-2/h13-16,18,21H,6-12H2,1-5H3,(H,22,23);5-8,10-11H,4H2,1-3H3;1-2H3/t13-,14+,15?,16?,18?;;/m1../s1. The summed E-state index contributed by atoms with van der Waals surface area (Å²) in [5.41, 5.74) is 0. The van der Waals surface area contributed by atoms with E-state index in [1.807, 2.05) is 46.7 Å². The van der Waals surface area contributed by atoms with Gasteiger partial charge in [0, 0.05) is 24.8 Å². The molecule has 0 radical (unpaired) electrons. The van der Waals surface area contributed by atoms with Gasteiger partial charge >= 0.3 is 5.97 Å². The Balaban J connectivity index is 0. The summed E-state index contributed by atoms with van der Waals surface area (Å²) >= 11 is 0. The number of aliphatic hydroxyl groups is 3. The SMILES string of the molecule is CC.CC1OC(O)CC(N(C)C)C1O.CCC[C@H](C)C(O)C(C)C(=O)CCCC[C@@H](C)CC(C)C(=O)O. The zero-order chi connectivity index (χ0) is 29.3. The first kappa shape index (κ1) is 38.1. The highest BCUT2D eigenvalue weighted by Gasteiger charge is 2.35. The zero-order valence-corrected chi connectivity index (χ0v) is 25.3. The Labute approximate surface area is 226 Å². The predicted octanol–water partition coefficient (Wildman–Crippen LogP) is 4.73. The number of likely N-dealkylation sites (N-methyl/N-ethyl adjacent to an activating group) is 1. The normalized spacial score (nSPS) is 25.5. The number of rotatable bonds is 14. The Morgan fingerprint density at radius 2 is 1.59 bits per heavy atom. The van der Waals surface area contributed by atoms with Gasteiger partial charge in [0.25, 0.3) is 0 Å². The van der Waals surface area contributed by atoms with Crippen molar-refractivity contribution in [1.29, 1.82) is 0 Å². The molecule has 4 N–H and O–H groups in total. The lowest BCUT2D eigenvalue weighted by Gasteiger charge is -2.39. The first-order valence-electron chi connectivity index (χ1n) is 14.3. The van der Waals surface area contributed by atoms with Crippen LogP contribution < -0.4 is 0 Å². The minimum Gasteiger partial charge on any atom is -0.481 e. The maximum absolute atomic E-state index is 12.2. The van der Waals surface area contributed by atoms with Gasteiger partial charge in [0.1, 0.15) is 5.78 Å². The summed E-state index contributed by atoms with van der Waals surface area (Å²) in [5, 5.41) is 38.0. The summed E-state index contributed by atoms with van der Waals surface area (Å²) in [4.78, 5) is 24.9. The van der Waals surface area contributed by atoms with Crippen molar-refractivity contribution in [1.82, 2.24) is 4.90 Å². The van der Waals surface area contributed by atoms with E-state index in [1.54, 1.807) is 13.8 Å². The van der Waals surface area contributed by atoms with Crippen LogP contribution in [0.15, 0.2) is 0 Å². The summed E-state index contributed by atoms with van der Waals surface area (Å²) in [6, 6.07) is -0.0104. The monoisotopic (exact) mass is 533 g/mol. The van der Waals surface area contributed by atoms with E-state index in [4.69, 9.17) is 9.84 Å². The zero-order valence-electron chi connectivity index (χ0n) is 25.3. The van der Waals surface area contributed by atoms with Crippen LogP contribution in [0.2, 0.25) is 0 Å². The van der Waals surface area contributed by atoms with Gasteiger partial charge in [0.2, 0.25) is 0 Å². The van der Waals surface area contributed by atoms with Gasteiger partial charge in [-0.25, -0.2) is 0 Å². The second-order valence-electron chi connectivity index (χ2n) is 10.9. The van der Waals surface area contributed by atoms with Crippen molar-refractivity contribution >= 4 is 11.8 Å². The number of unbranched alkanes of at least 4 members (excludes halogenated alkanes) is 1. The fourth-order valence-corrected chi connectivity index (χ4v) is 4.71. The number of nitrogens with zero attached hydrogens (tertiary/aromatic N) is 1. The van der Waals surface area contributed by atoms with Crippen LogP contribution in [0.25, 0.3) is 0 Å². The van der Waals surface area contributed by atoms with Crippen molar-refractivity contribution < 1.29 is 34.8 Å². The Kier molecular flexibility index (Phi) is 21.5. The number of hydrogen-bond donors (Lipinski definition) is 4. The molecule has 0 spiro atoms. The van der Waals surface area contributed by atoms with Gasteiger partial charge in [0.05, 0.1) is 24.2 Å². The number of hydrogen-bond acceptors (Lipinski definition) is 7. The Bertz CT molecular complexity index is 601. The van der Waals surface area contributed by atoms with Crippen molar-refractivity contribution in [3.63, 3.8) is 0 Å². The average molecular weight is 534 g/mol. The molecule has 0 bridgehead atoms. The van der Waals surface area contributed by atoms with E-state index >= 15 is 0 Å². The molecule has 0 aromatic carbocycles. The number of Topliss-reactive ketones (excluding diaryl/α,β-unsaturated/α-hetero) is 1. The summed E-state index contributed by atoms with van der Waals surface area (Å²) in [6.45, 7) is 15.5. The number of carbonyl (C=O) groups excluding carboxylic acids is 1. The maximum Gasteiger partial charge on any atom is 0.306 e. The molecule has 1 aliphatic rings. The van der Waals surface area contributed by atoms with E-state index < -0.39 is 24.5 Å². The summed E-state index contributed by atoms with van der Waals surface area (Å²) in [6.07, 6.45) is 4.26. The van der Waals surface area contributed by atoms with Crippen LogP contribution in [0, 0.1) is 23.7 Å². The third-order valence-electron chi connectivity index (χ3n) is 7.25. The minimum absolute atomic E-state index is 0.0104. The lowest BCUT2D eigenvalue weighted by Crippen LogP contribution is -2.52. The number of ether oxygens (including phenoxy) is 1. The Morgan fingerprint density at radius 1 is 1.03 bits per heavy atom. The molecule has 37 heavy (non-hydrogen) atoms. The van der Waals surface area contributed by atoms with E-state index in [1.165, 1.54) is 0 Å². The van der Waals surface area contributed by atoms with E-state index in [0.717, 1.165) is 32.1 Å². The summed E-state index contributed by atoms with van der Waals surface area (Å²) < 4.78 is 5.06. The van der Waals surface area contributed by atoms with Crippen LogP contribution in [0.1, 0.15) is 107 Å². The smallest absolute Gasteiger partial charge is 0.306 e. The quantitative estimate of drug-likeness (QED) is 0.236. The molecule has 222 valence electrons. The molecule has 1 saturated heterocycles. The van der Waals surface area contributed by atoms with Gasteiger partial charge in [-0.15, -0.1) is 0 Å². The number of aliphatic hydroxyl groups excluding tert-OH is 3. The molecular weight excluding hydrogens is 474 g/mol. The molecule has 7 unspecified atom stereocenters. The van der Waals surface area contributed by atoms with Crippen molar-refractivity contribution in [2.75, 3.05) is 14.1 Å². The van der Waals surface area contributed by atoms with Crippen LogP contribution in [-0.2, 0) is 14.3 Å². The number of carboxylic acids is 1. The van der Waals surface area contributed by atoms with Gasteiger partial charge in [-0.2, -0.15) is 0 Å². The summed E-state index contributed by atoms with van der Waals surface area (Å²) in [7, 11) is 3.78. The minimum atomic E-state index is -0.740. The highest BCUT2D eigenvalue weighted by atomic mass is 16.6. The average Bonchev–Trinajstić information content (AvgIpc) is 2.84. The number of aliphatic carboxylic acids is 1. The highest BCUT2D eigenvalue weighted by molar-refractivity contribution is 5.81. The topological polar surface area (TPSA) is 128 Å². The molecule has 0 aliphatic carbocycles. The lowest BCUT2D eigenvalue weighted by molar-refractivity contribution is -0.212. The Hall–Kier alpha value is -1.06. The first-order chi connectivity index (χ1) is 17.2. The van der Waals surface area contributed by atoms with Crippen LogP contribution in [0.4, 0.5) is 0 Å². The number of carbonyl (C=O) groups is 2. The fraction of sp³-hybridized carbons (Fsp3) is 0.931. The predicted molar refractivity (Wildman–Crippen MR) is 149 cm³/mol. The molecule has 1 rings (SSSR count). The molecule has 1 aliphatic heterocycles. The van der Waals surface area contributed by atoms with Gasteiger partial charge < -0.3 is 30.1 Å². The molecule has 0 amide bonds. The van der Waals surface area contributed by atoms with Crippen molar-refractivity contribution in [3.8, 4) is 0 Å². The van der Waals surface area contributed by atoms with Gasteiger partial charge in [-0.05, 0) is 52.1 Å². The van der Waals surface area contributed by atoms with E-state index in [9.17, 15) is 24.9 Å². The molecule has 1 fully saturated rings. The van der Waals surface area contributed by atoms with Gasteiger partial charge in [0.15, 0.2) is 6.29 Å². The first-order valence-corrected chi connectivity index (χ1v) is 14.3. The summed E-state index contributed by atoms with van der Waals surface area (Å²) in [5.74, 6) is -0.661. The Morgan fingerprint density at radius 3 is 2.08 bits per heavy atom. The van der Waals surface area contributed by atoms with Crippen LogP contribution >= 0.6 is 0 Å². The van der Waals surface area contributed by atoms with Gasteiger partial charge in [-0.3, -0.25) is 9.59 Å². The second kappa shape index (κ2) is 20.8. The molecule has 0 saturated carbocycles. The van der Waals surface area contributed by atoms with E-state index in [2.05, 4.69) is 13.8 Å². The molecule has 9 atom stereocenters. The molecule has 8 nitrogen and oxygen atoms in total. The van der Waals surface area contributed by atoms with E-state index in [0.29, 0.717) is 25.2 Å². The van der Waals surface area contributed by atoms with Gasteiger partial charge in [-0.1, -0.05) is 67.7 Å². The molecular formula is C29H59NO7. The van der Waals surface area contributed by atoms with Crippen LogP contribution in [-0.4, -0.2) is 81.8 Å². The number of ketones is 1. The van der Waals surface area contributed by atoms with E-state index in [-0.39, 0.29) is 35.7 Å². The third-order valence-corrected chi connectivity index (χ3v) is 7.25. The third kappa shape index (κ3) is 15.8. The fourth-order valence-electron chi connectivity index (χ4n) is 4.71.